The van der Waals surface area contributed by atoms with Gasteiger partial charge in [0.2, 0.25) is 0 Å². The van der Waals surface area contributed by atoms with Gasteiger partial charge in [-0.3, -0.25) is 9.59 Å². The molecule has 0 spiro atoms. The number of benzene rings is 3. The van der Waals surface area contributed by atoms with Crippen LogP contribution in [-0.2, 0) is 0 Å². The zero-order valence-electron chi connectivity index (χ0n) is 18.8. The summed E-state index contributed by atoms with van der Waals surface area (Å²) in [5.74, 6) is 0.0992. The van der Waals surface area contributed by atoms with E-state index in [0.29, 0.717) is 35.1 Å². The molecule has 3 aromatic carbocycles. The van der Waals surface area contributed by atoms with Gasteiger partial charge >= 0.3 is 0 Å². The number of carbonyl (C=O) groups excluding carboxylic acids is 2. The number of amides is 2. The third-order valence-corrected chi connectivity index (χ3v) is 6.53. The Morgan fingerprint density at radius 2 is 1.65 bits per heavy atom. The average Bonchev–Trinajstić information content (AvgIpc) is 3.30. The Balaban J connectivity index is 1.18. The Morgan fingerprint density at radius 1 is 0.912 bits per heavy atom. The topological polar surface area (TPSA) is 65.8 Å². The first-order valence-electron chi connectivity index (χ1n) is 11.2. The number of fused-ring (bicyclic) bond motifs is 1. The van der Waals surface area contributed by atoms with Crippen molar-refractivity contribution in [2.45, 2.75) is 6.92 Å². The molecule has 0 aliphatic carbocycles. The van der Waals surface area contributed by atoms with Crippen LogP contribution in [0.15, 0.2) is 77.2 Å². The van der Waals surface area contributed by atoms with E-state index in [0.717, 1.165) is 35.3 Å². The number of nitrogens with zero attached hydrogens (tertiary/aromatic N) is 2. The molecule has 1 saturated heterocycles. The number of aryl methyl sites for hydroxylation is 1. The second kappa shape index (κ2) is 9.23. The lowest BCUT2D eigenvalue weighted by Gasteiger charge is -2.35. The summed E-state index contributed by atoms with van der Waals surface area (Å²) < 4.78 is 5.74. The molecule has 0 atom stereocenters. The SMILES string of the molecule is Cc1ccc(C(=O)Nc2ccc(N3CCN(C(=O)c4cc5ccccc5o4)CC3)cc2)cc1Cl. The summed E-state index contributed by atoms with van der Waals surface area (Å²) in [6, 6.07) is 22.4. The first-order valence-corrected chi connectivity index (χ1v) is 11.6. The number of piperazine rings is 1. The van der Waals surface area contributed by atoms with Crippen molar-refractivity contribution in [1.82, 2.24) is 4.90 Å². The minimum absolute atomic E-state index is 0.0786. The summed E-state index contributed by atoms with van der Waals surface area (Å²) in [7, 11) is 0. The van der Waals surface area contributed by atoms with Crippen LogP contribution in [0.3, 0.4) is 0 Å². The zero-order valence-corrected chi connectivity index (χ0v) is 19.5. The Bertz CT molecular complexity index is 1320. The summed E-state index contributed by atoms with van der Waals surface area (Å²) >= 11 is 6.14. The van der Waals surface area contributed by atoms with E-state index in [1.54, 1.807) is 12.1 Å². The molecule has 0 unspecified atom stereocenters. The van der Waals surface area contributed by atoms with E-state index in [-0.39, 0.29) is 11.8 Å². The number of halogens is 1. The number of hydrogen-bond donors (Lipinski definition) is 1. The molecule has 34 heavy (non-hydrogen) atoms. The second-order valence-electron chi connectivity index (χ2n) is 8.39. The van der Waals surface area contributed by atoms with E-state index in [9.17, 15) is 9.59 Å². The van der Waals surface area contributed by atoms with Crippen molar-refractivity contribution in [2.75, 3.05) is 36.4 Å². The average molecular weight is 474 g/mol. The standard InChI is InChI=1S/C27H24ClN3O3/c1-18-6-7-20(16-23(18)28)26(32)29-21-8-10-22(11-9-21)30-12-14-31(15-13-30)27(33)25-17-19-4-2-3-5-24(19)34-25/h2-11,16-17H,12-15H2,1H3,(H,29,32). The minimum atomic E-state index is -0.202. The molecular formula is C27H24ClN3O3. The Morgan fingerprint density at radius 3 is 2.35 bits per heavy atom. The van der Waals surface area contributed by atoms with Crippen molar-refractivity contribution < 1.29 is 14.0 Å². The summed E-state index contributed by atoms with van der Waals surface area (Å²) in [5.41, 5.74) is 3.94. The van der Waals surface area contributed by atoms with Crippen LogP contribution in [0.5, 0.6) is 0 Å². The Kier molecular flexibility index (Phi) is 5.99. The van der Waals surface area contributed by atoms with Gasteiger partial charge in [-0.2, -0.15) is 0 Å². The maximum atomic E-state index is 12.9. The van der Waals surface area contributed by atoms with Crippen LogP contribution in [0.1, 0.15) is 26.5 Å². The molecule has 7 heteroatoms. The fourth-order valence-corrected chi connectivity index (χ4v) is 4.28. The molecule has 2 heterocycles. The highest BCUT2D eigenvalue weighted by Gasteiger charge is 2.24. The first kappa shape index (κ1) is 22.0. The van der Waals surface area contributed by atoms with Crippen molar-refractivity contribution in [3.8, 4) is 0 Å². The van der Waals surface area contributed by atoms with Gasteiger partial charge in [-0.05, 0) is 61.0 Å². The van der Waals surface area contributed by atoms with E-state index in [1.165, 1.54) is 0 Å². The Hall–Kier alpha value is -3.77. The molecule has 4 aromatic rings. The zero-order chi connectivity index (χ0) is 23.7. The fraction of sp³-hybridized carbons (Fsp3) is 0.185. The third-order valence-electron chi connectivity index (χ3n) is 6.13. The van der Waals surface area contributed by atoms with Gasteiger partial charge in [-0.15, -0.1) is 0 Å². The van der Waals surface area contributed by atoms with Gasteiger partial charge in [0.15, 0.2) is 5.76 Å². The molecule has 0 radical (unpaired) electrons. The van der Waals surface area contributed by atoms with Gasteiger partial charge < -0.3 is 19.5 Å². The summed E-state index contributed by atoms with van der Waals surface area (Å²) in [4.78, 5) is 29.5. The van der Waals surface area contributed by atoms with Crippen LogP contribution >= 0.6 is 11.6 Å². The van der Waals surface area contributed by atoms with Crippen LogP contribution < -0.4 is 10.2 Å². The summed E-state index contributed by atoms with van der Waals surface area (Å²) in [5, 5.41) is 4.41. The van der Waals surface area contributed by atoms with E-state index in [1.807, 2.05) is 72.5 Å². The van der Waals surface area contributed by atoms with Crippen molar-refractivity contribution >= 4 is 45.8 Å². The highest BCUT2D eigenvalue weighted by atomic mass is 35.5. The molecule has 0 bridgehead atoms. The van der Waals surface area contributed by atoms with E-state index in [4.69, 9.17) is 16.0 Å². The van der Waals surface area contributed by atoms with Crippen LogP contribution in [0.4, 0.5) is 11.4 Å². The summed E-state index contributed by atoms with van der Waals surface area (Å²) in [6.45, 7) is 4.57. The van der Waals surface area contributed by atoms with Gasteiger partial charge in [-0.1, -0.05) is 35.9 Å². The van der Waals surface area contributed by atoms with E-state index in [2.05, 4.69) is 10.2 Å². The molecular weight excluding hydrogens is 450 g/mol. The lowest BCUT2D eigenvalue weighted by Crippen LogP contribution is -2.48. The number of rotatable bonds is 4. The van der Waals surface area contributed by atoms with Crippen LogP contribution in [0.2, 0.25) is 5.02 Å². The molecule has 1 N–H and O–H groups in total. The molecule has 2 amide bonds. The molecule has 1 aromatic heterocycles. The fourth-order valence-electron chi connectivity index (χ4n) is 4.10. The number of furan rings is 1. The monoisotopic (exact) mass is 473 g/mol. The predicted molar refractivity (Wildman–Crippen MR) is 135 cm³/mol. The number of carbonyl (C=O) groups is 2. The molecule has 172 valence electrons. The molecule has 1 fully saturated rings. The number of anilines is 2. The molecule has 6 nitrogen and oxygen atoms in total. The highest BCUT2D eigenvalue weighted by Crippen LogP contribution is 2.24. The second-order valence-corrected chi connectivity index (χ2v) is 8.80. The minimum Gasteiger partial charge on any atom is -0.451 e. The predicted octanol–water partition coefficient (Wildman–Crippen LogP) is 5.61. The lowest BCUT2D eigenvalue weighted by molar-refractivity contribution is 0.0717. The quantitative estimate of drug-likeness (QED) is 0.418. The van der Waals surface area contributed by atoms with Gasteiger partial charge in [0.25, 0.3) is 11.8 Å². The van der Waals surface area contributed by atoms with Gasteiger partial charge in [-0.25, -0.2) is 0 Å². The number of para-hydroxylation sites is 1. The molecule has 5 rings (SSSR count). The van der Waals surface area contributed by atoms with E-state index >= 15 is 0 Å². The lowest BCUT2D eigenvalue weighted by atomic mass is 10.1. The molecule has 1 aliphatic heterocycles. The molecule has 0 saturated carbocycles. The van der Waals surface area contributed by atoms with Crippen LogP contribution in [0, 0.1) is 6.92 Å². The van der Waals surface area contributed by atoms with Gasteiger partial charge in [0.1, 0.15) is 5.58 Å². The van der Waals surface area contributed by atoms with Crippen LogP contribution in [-0.4, -0.2) is 42.9 Å². The maximum absolute atomic E-state index is 12.9. The van der Waals surface area contributed by atoms with Crippen molar-refractivity contribution in [1.29, 1.82) is 0 Å². The highest BCUT2D eigenvalue weighted by molar-refractivity contribution is 6.31. The normalized spacial score (nSPS) is 13.8. The van der Waals surface area contributed by atoms with Crippen LogP contribution in [0.25, 0.3) is 11.0 Å². The number of hydrogen-bond acceptors (Lipinski definition) is 4. The number of nitrogens with one attached hydrogen (secondary N) is 1. The Labute approximate surface area is 202 Å². The van der Waals surface area contributed by atoms with E-state index < -0.39 is 0 Å². The third kappa shape index (κ3) is 4.50. The van der Waals surface area contributed by atoms with Gasteiger partial charge in [0, 0.05) is 53.5 Å². The van der Waals surface area contributed by atoms with Gasteiger partial charge in [0.05, 0.1) is 0 Å². The first-order chi connectivity index (χ1) is 16.5. The van der Waals surface area contributed by atoms with Crippen molar-refractivity contribution in [2.24, 2.45) is 0 Å². The maximum Gasteiger partial charge on any atom is 0.289 e. The largest absolute Gasteiger partial charge is 0.451 e. The van der Waals surface area contributed by atoms with Crippen molar-refractivity contribution in [3.05, 3.63) is 94.7 Å². The summed E-state index contributed by atoms with van der Waals surface area (Å²) in [6.07, 6.45) is 0. The van der Waals surface area contributed by atoms with Crippen molar-refractivity contribution in [3.63, 3.8) is 0 Å². The molecule has 1 aliphatic rings. The smallest absolute Gasteiger partial charge is 0.289 e.